The molecule has 1 N–H and O–H groups in total. The van der Waals surface area contributed by atoms with Gasteiger partial charge in [-0.15, -0.1) is 0 Å². The topological polar surface area (TPSA) is 29.1 Å². The minimum atomic E-state index is 0.203. The molecule has 0 saturated heterocycles. The molecule has 3 heteroatoms. The van der Waals surface area contributed by atoms with Gasteiger partial charge in [-0.2, -0.15) is 0 Å². The van der Waals surface area contributed by atoms with Gasteiger partial charge in [0.15, 0.2) is 0 Å². The van der Waals surface area contributed by atoms with Crippen LogP contribution < -0.4 is 5.32 Å². The average molecular weight is 264 g/mol. The molecule has 0 aromatic rings. The standard InChI is InChI=1S/C11H22BrNO/c1-10(2)6-5-9-13-11(14)7-3-4-8-12/h10H,3-9H2,1-2H3,(H,13,14). The van der Waals surface area contributed by atoms with Crippen molar-refractivity contribution >= 4 is 21.8 Å². The molecule has 0 heterocycles. The Morgan fingerprint density at radius 3 is 2.57 bits per heavy atom. The molecule has 84 valence electrons. The van der Waals surface area contributed by atoms with Crippen LogP contribution in [-0.4, -0.2) is 17.8 Å². The number of hydrogen-bond donors (Lipinski definition) is 1. The first kappa shape index (κ1) is 13.9. The maximum absolute atomic E-state index is 11.2. The van der Waals surface area contributed by atoms with Gasteiger partial charge in [-0.1, -0.05) is 29.8 Å². The Morgan fingerprint density at radius 2 is 2.00 bits per heavy atom. The predicted molar refractivity (Wildman–Crippen MR) is 64.7 cm³/mol. The molecule has 0 aromatic carbocycles. The highest BCUT2D eigenvalue weighted by Crippen LogP contribution is 2.02. The zero-order chi connectivity index (χ0) is 10.8. The van der Waals surface area contributed by atoms with Crippen LogP contribution in [0.2, 0.25) is 0 Å². The summed E-state index contributed by atoms with van der Waals surface area (Å²) >= 11 is 3.35. The summed E-state index contributed by atoms with van der Waals surface area (Å²) in [5.41, 5.74) is 0. The molecule has 0 fully saturated rings. The molecule has 0 saturated carbocycles. The monoisotopic (exact) mass is 263 g/mol. The summed E-state index contributed by atoms with van der Waals surface area (Å²) in [5.74, 6) is 0.940. The van der Waals surface area contributed by atoms with Crippen LogP contribution in [0.3, 0.4) is 0 Å². The van der Waals surface area contributed by atoms with Crippen molar-refractivity contribution in [1.29, 1.82) is 0 Å². The molecule has 14 heavy (non-hydrogen) atoms. The average Bonchev–Trinajstić information content (AvgIpc) is 2.13. The minimum absolute atomic E-state index is 0.203. The van der Waals surface area contributed by atoms with Gasteiger partial charge in [-0.05, 0) is 31.6 Å². The zero-order valence-corrected chi connectivity index (χ0v) is 10.9. The number of amides is 1. The number of nitrogens with one attached hydrogen (secondary N) is 1. The van der Waals surface area contributed by atoms with Gasteiger partial charge < -0.3 is 5.32 Å². The Bertz CT molecular complexity index is 148. The molecular weight excluding hydrogens is 242 g/mol. The Balaban J connectivity index is 3.18. The van der Waals surface area contributed by atoms with E-state index in [1.165, 1.54) is 6.42 Å². The Kier molecular flexibility index (Phi) is 9.47. The Morgan fingerprint density at radius 1 is 1.29 bits per heavy atom. The SMILES string of the molecule is CC(C)CCCNC(=O)CCCCBr. The van der Waals surface area contributed by atoms with Gasteiger partial charge in [0.2, 0.25) is 5.91 Å². The van der Waals surface area contributed by atoms with Crippen molar-refractivity contribution in [3.63, 3.8) is 0 Å². The summed E-state index contributed by atoms with van der Waals surface area (Å²) < 4.78 is 0. The Hall–Kier alpha value is -0.0500. The molecule has 0 aliphatic heterocycles. The smallest absolute Gasteiger partial charge is 0.219 e. The lowest BCUT2D eigenvalue weighted by Gasteiger charge is -2.06. The van der Waals surface area contributed by atoms with Gasteiger partial charge in [0.05, 0.1) is 0 Å². The lowest BCUT2D eigenvalue weighted by molar-refractivity contribution is -0.121. The molecule has 1 amide bonds. The molecular formula is C11H22BrNO. The maximum atomic E-state index is 11.2. The van der Waals surface area contributed by atoms with Crippen LogP contribution >= 0.6 is 15.9 Å². The summed E-state index contributed by atoms with van der Waals surface area (Å²) in [5, 5.41) is 3.94. The third-order valence-electron chi connectivity index (χ3n) is 2.07. The van der Waals surface area contributed by atoms with Crippen LogP contribution in [0.25, 0.3) is 0 Å². The quantitative estimate of drug-likeness (QED) is 0.529. The molecule has 0 aromatic heterocycles. The molecule has 0 atom stereocenters. The second-order valence-electron chi connectivity index (χ2n) is 4.03. The molecule has 0 rings (SSSR count). The van der Waals surface area contributed by atoms with Gasteiger partial charge in [0.1, 0.15) is 0 Å². The van der Waals surface area contributed by atoms with Crippen LogP contribution in [-0.2, 0) is 4.79 Å². The minimum Gasteiger partial charge on any atom is -0.356 e. The van der Waals surface area contributed by atoms with Crippen molar-refractivity contribution in [2.45, 2.75) is 46.0 Å². The maximum Gasteiger partial charge on any atom is 0.219 e. The van der Waals surface area contributed by atoms with Crippen molar-refractivity contribution in [2.24, 2.45) is 5.92 Å². The summed E-state index contributed by atoms with van der Waals surface area (Å²) in [4.78, 5) is 11.2. The molecule has 0 unspecified atom stereocenters. The van der Waals surface area contributed by atoms with Crippen LogP contribution in [0.1, 0.15) is 46.0 Å². The number of hydrogen-bond acceptors (Lipinski definition) is 1. The van der Waals surface area contributed by atoms with Crippen LogP contribution in [0.5, 0.6) is 0 Å². The predicted octanol–water partition coefficient (Wildman–Crippen LogP) is 3.10. The number of unbranched alkanes of at least 4 members (excludes halogenated alkanes) is 1. The van der Waals surface area contributed by atoms with E-state index in [4.69, 9.17) is 0 Å². The summed E-state index contributed by atoms with van der Waals surface area (Å²) in [6.45, 7) is 5.25. The third kappa shape index (κ3) is 10.0. The first-order valence-electron chi connectivity index (χ1n) is 5.49. The molecule has 0 spiro atoms. The van der Waals surface area contributed by atoms with Crippen molar-refractivity contribution in [3.8, 4) is 0 Å². The van der Waals surface area contributed by atoms with Crippen molar-refractivity contribution < 1.29 is 4.79 Å². The number of alkyl halides is 1. The second kappa shape index (κ2) is 9.50. The number of carbonyl (C=O) groups is 1. The fourth-order valence-electron chi connectivity index (χ4n) is 1.21. The van der Waals surface area contributed by atoms with Gasteiger partial charge >= 0.3 is 0 Å². The first-order chi connectivity index (χ1) is 6.66. The molecule has 2 nitrogen and oxygen atoms in total. The van der Waals surface area contributed by atoms with E-state index in [0.717, 1.165) is 37.1 Å². The van der Waals surface area contributed by atoms with E-state index in [2.05, 4.69) is 35.1 Å². The van der Waals surface area contributed by atoms with Crippen LogP contribution in [0.4, 0.5) is 0 Å². The fourth-order valence-corrected chi connectivity index (χ4v) is 1.60. The van der Waals surface area contributed by atoms with Crippen molar-refractivity contribution in [3.05, 3.63) is 0 Å². The first-order valence-corrected chi connectivity index (χ1v) is 6.61. The van der Waals surface area contributed by atoms with Gasteiger partial charge in [-0.25, -0.2) is 0 Å². The van der Waals surface area contributed by atoms with Crippen molar-refractivity contribution in [2.75, 3.05) is 11.9 Å². The van der Waals surface area contributed by atoms with E-state index in [0.29, 0.717) is 6.42 Å². The molecule has 0 aliphatic rings. The van der Waals surface area contributed by atoms with E-state index in [9.17, 15) is 4.79 Å². The zero-order valence-electron chi connectivity index (χ0n) is 9.31. The highest BCUT2D eigenvalue weighted by molar-refractivity contribution is 9.09. The molecule has 0 aliphatic carbocycles. The van der Waals surface area contributed by atoms with E-state index >= 15 is 0 Å². The van der Waals surface area contributed by atoms with Gasteiger partial charge in [-0.3, -0.25) is 4.79 Å². The van der Waals surface area contributed by atoms with Crippen molar-refractivity contribution in [1.82, 2.24) is 5.32 Å². The number of halogens is 1. The largest absolute Gasteiger partial charge is 0.356 e. The third-order valence-corrected chi connectivity index (χ3v) is 2.63. The van der Waals surface area contributed by atoms with E-state index < -0.39 is 0 Å². The number of rotatable bonds is 8. The van der Waals surface area contributed by atoms with E-state index in [-0.39, 0.29) is 5.91 Å². The molecule has 0 radical (unpaired) electrons. The normalized spacial score (nSPS) is 10.6. The lowest BCUT2D eigenvalue weighted by atomic mass is 10.1. The second-order valence-corrected chi connectivity index (χ2v) is 4.83. The number of carbonyl (C=O) groups excluding carboxylic acids is 1. The van der Waals surface area contributed by atoms with Gasteiger partial charge in [0, 0.05) is 18.3 Å². The highest BCUT2D eigenvalue weighted by Gasteiger charge is 2.00. The summed E-state index contributed by atoms with van der Waals surface area (Å²) in [6.07, 6.45) is 5.04. The summed E-state index contributed by atoms with van der Waals surface area (Å²) in [6, 6.07) is 0. The van der Waals surface area contributed by atoms with Gasteiger partial charge in [0.25, 0.3) is 0 Å². The van der Waals surface area contributed by atoms with Crippen LogP contribution in [0.15, 0.2) is 0 Å². The highest BCUT2D eigenvalue weighted by atomic mass is 79.9. The fraction of sp³-hybridized carbons (Fsp3) is 0.909. The lowest BCUT2D eigenvalue weighted by Crippen LogP contribution is -2.24. The van der Waals surface area contributed by atoms with Crippen LogP contribution in [0, 0.1) is 5.92 Å². The van der Waals surface area contributed by atoms with E-state index in [1.807, 2.05) is 0 Å². The molecule has 0 bridgehead atoms. The summed E-state index contributed by atoms with van der Waals surface area (Å²) in [7, 11) is 0. The Labute approximate surface area is 96.0 Å². The van der Waals surface area contributed by atoms with E-state index in [1.54, 1.807) is 0 Å².